The molecule has 1 saturated carbocycles. The molecular formula is C31H38O6. The molecule has 6 heteroatoms. The van der Waals surface area contributed by atoms with Gasteiger partial charge in [0, 0.05) is 0 Å². The van der Waals surface area contributed by atoms with Crippen LogP contribution in [0.5, 0.6) is 11.5 Å². The molecule has 37 heavy (non-hydrogen) atoms. The van der Waals surface area contributed by atoms with Crippen molar-refractivity contribution >= 4 is 11.9 Å². The minimum Gasteiger partial charge on any atom is -0.423 e. The Balaban J connectivity index is 1.94. The van der Waals surface area contributed by atoms with E-state index in [0.717, 1.165) is 53.9 Å². The Morgan fingerprint density at radius 3 is 1.92 bits per heavy atom. The number of aliphatic hydroxyl groups is 2. The monoisotopic (exact) mass is 506 g/mol. The zero-order chi connectivity index (χ0) is 26.9. The summed E-state index contributed by atoms with van der Waals surface area (Å²) in [5.41, 5.74) is 3.78. The maximum absolute atomic E-state index is 12.4. The molecule has 0 saturated heterocycles. The Bertz CT molecular complexity index is 1140. The Morgan fingerprint density at radius 1 is 0.838 bits per heavy atom. The third-order valence-electron chi connectivity index (χ3n) is 7.13. The first-order valence-electron chi connectivity index (χ1n) is 13.1. The number of rotatable bonds is 11. The topological polar surface area (TPSA) is 93.1 Å². The van der Waals surface area contributed by atoms with Gasteiger partial charge in [-0.15, -0.1) is 0 Å². The maximum atomic E-state index is 12.4. The summed E-state index contributed by atoms with van der Waals surface area (Å²) in [7, 11) is 0. The van der Waals surface area contributed by atoms with E-state index in [1.165, 1.54) is 12.8 Å². The van der Waals surface area contributed by atoms with E-state index >= 15 is 0 Å². The fourth-order valence-electron chi connectivity index (χ4n) is 4.92. The Hall–Kier alpha value is -3.22. The molecule has 2 aromatic rings. The maximum Gasteiger partial charge on any atom is 0.341 e. The summed E-state index contributed by atoms with van der Waals surface area (Å²) in [6.45, 7) is 10.4. The number of carbonyl (C=O) groups is 2. The standard InChI is InChI=1S/C31H38O6/c1-5-7-22-8-10-24(11-9-22)27-17-26(13-15-29(27)37-31(35)21(4)19-33)25-12-14-28(23(6-2)16-25)36-30(34)20(3)18-32/h12-17,22,24,32-33H,3-11,18-19H2,1-2H3. The summed E-state index contributed by atoms with van der Waals surface area (Å²) in [5, 5.41) is 18.4. The van der Waals surface area contributed by atoms with Crippen molar-refractivity contribution in [2.75, 3.05) is 13.2 Å². The number of aliphatic hydroxyl groups excluding tert-OH is 2. The van der Waals surface area contributed by atoms with Crippen molar-refractivity contribution in [2.45, 2.75) is 64.7 Å². The molecule has 2 N–H and O–H groups in total. The molecular weight excluding hydrogens is 468 g/mol. The molecule has 2 aromatic carbocycles. The second-order valence-electron chi connectivity index (χ2n) is 9.74. The summed E-state index contributed by atoms with van der Waals surface area (Å²) in [6.07, 6.45) is 7.45. The van der Waals surface area contributed by atoms with E-state index in [1.54, 1.807) is 6.07 Å². The molecule has 0 atom stereocenters. The average Bonchev–Trinajstić information content (AvgIpc) is 2.93. The van der Waals surface area contributed by atoms with Gasteiger partial charge < -0.3 is 19.7 Å². The van der Waals surface area contributed by atoms with E-state index in [-0.39, 0.29) is 17.1 Å². The quantitative estimate of drug-likeness (QED) is 0.224. The Morgan fingerprint density at radius 2 is 1.38 bits per heavy atom. The highest BCUT2D eigenvalue weighted by Gasteiger charge is 2.26. The molecule has 0 spiro atoms. The first-order valence-corrected chi connectivity index (χ1v) is 13.1. The summed E-state index contributed by atoms with van der Waals surface area (Å²) in [6, 6.07) is 11.4. The van der Waals surface area contributed by atoms with Crippen LogP contribution in [0.25, 0.3) is 11.1 Å². The van der Waals surface area contributed by atoms with E-state index in [2.05, 4.69) is 26.1 Å². The molecule has 1 aliphatic rings. The normalized spacial score (nSPS) is 17.2. The Labute approximate surface area is 219 Å². The van der Waals surface area contributed by atoms with Crippen molar-refractivity contribution in [1.82, 2.24) is 0 Å². The van der Waals surface area contributed by atoms with Gasteiger partial charge in [0.15, 0.2) is 0 Å². The SMILES string of the molecule is C=C(CO)C(=O)Oc1ccc(-c2ccc(OC(=O)C(=C)CO)c(C3CCC(CCC)CC3)c2)cc1CC. The zero-order valence-corrected chi connectivity index (χ0v) is 21.9. The van der Waals surface area contributed by atoms with Gasteiger partial charge in [0.1, 0.15) is 11.5 Å². The number of carbonyl (C=O) groups excluding carboxylic acids is 2. The van der Waals surface area contributed by atoms with Crippen LogP contribution in [0.4, 0.5) is 0 Å². The van der Waals surface area contributed by atoms with Crippen molar-refractivity contribution in [2.24, 2.45) is 5.92 Å². The molecule has 3 rings (SSSR count). The molecule has 198 valence electrons. The van der Waals surface area contributed by atoms with Gasteiger partial charge in [-0.1, -0.05) is 52.0 Å². The molecule has 0 bridgehead atoms. The van der Waals surface area contributed by atoms with Crippen LogP contribution in [-0.4, -0.2) is 35.4 Å². The average molecular weight is 507 g/mol. The summed E-state index contributed by atoms with van der Waals surface area (Å²) >= 11 is 0. The predicted octanol–water partition coefficient (Wildman–Crippen LogP) is 5.90. The zero-order valence-electron chi connectivity index (χ0n) is 21.9. The minimum atomic E-state index is -0.651. The first kappa shape index (κ1) is 28.4. The van der Waals surface area contributed by atoms with Gasteiger partial charge in [0.25, 0.3) is 0 Å². The van der Waals surface area contributed by atoms with E-state index in [1.807, 2.05) is 31.2 Å². The minimum absolute atomic E-state index is 0.00144. The second kappa shape index (κ2) is 13.4. The third-order valence-corrected chi connectivity index (χ3v) is 7.13. The van der Waals surface area contributed by atoms with Gasteiger partial charge >= 0.3 is 11.9 Å². The van der Waals surface area contributed by atoms with Crippen LogP contribution < -0.4 is 9.47 Å². The molecule has 0 aromatic heterocycles. The molecule has 1 fully saturated rings. The highest BCUT2D eigenvalue weighted by atomic mass is 16.5. The Kier molecular flexibility index (Phi) is 10.2. The summed E-state index contributed by atoms with van der Waals surface area (Å²) < 4.78 is 11.1. The number of aryl methyl sites for hydroxylation is 1. The molecule has 6 nitrogen and oxygen atoms in total. The number of hydrogen-bond donors (Lipinski definition) is 2. The second-order valence-corrected chi connectivity index (χ2v) is 9.74. The molecule has 0 radical (unpaired) electrons. The lowest BCUT2D eigenvalue weighted by Gasteiger charge is -2.30. The van der Waals surface area contributed by atoms with Crippen molar-refractivity contribution < 1.29 is 29.3 Å². The lowest BCUT2D eigenvalue weighted by molar-refractivity contribution is -0.131. The van der Waals surface area contributed by atoms with Gasteiger partial charge in [-0.25, -0.2) is 9.59 Å². The third kappa shape index (κ3) is 7.18. The fourth-order valence-corrected chi connectivity index (χ4v) is 4.92. The number of esters is 2. The highest BCUT2D eigenvalue weighted by Crippen LogP contribution is 2.42. The largest absolute Gasteiger partial charge is 0.423 e. The molecule has 0 unspecified atom stereocenters. The highest BCUT2D eigenvalue weighted by molar-refractivity contribution is 5.90. The van der Waals surface area contributed by atoms with Gasteiger partial charge in [0.2, 0.25) is 0 Å². The van der Waals surface area contributed by atoms with Crippen LogP contribution in [0, 0.1) is 5.92 Å². The van der Waals surface area contributed by atoms with Crippen LogP contribution in [0.2, 0.25) is 0 Å². The predicted molar refractivity (Wildman–Crippen MR) is 145 cm³/mol. The lowest BCUT2D eigenvalue weighted by Crippen LogP contribution is -2.17. The van der Waals surface area contributed by atoms with Crippen LogP contribution in [0.1, 0.15) is 69.4 Å². The number of ether oxygens (including phenoxy) is 2. The lowest BCUT2D eigenvalue weighted by atomic mass is 9.76. The van der Waals surface area contributed by atoms with Crippen molar-refractivity contribution in [1.29, 1.82) is 0 Å². The summed E-state index contributed by atoms with van der Waals surface area (Å²) in [5.74, 6) is 0.684. The van der Waals surface area contributed by atoms with Crippen molar-refractivity contribution in [3.63, 3.8) is 0 Å². The number of benzene rings is 2. The van der Waals surface area contributed by atoms with Crippen LogP contribution in [0.15, 0.2) is 60.7 Å². The van der Waals surface area contributed by atoms with E-state index < -0.39 is 25.2 Å². The first-order chi connectivity index (χ1) is 17.8. The molecule has 0 amide bonds. The van der Waals surface area contributed by atoms with E-state index in [0.29, 0.717) is 17.9 Å². The summed E-state index contributed by atoms with van der Waals surface area (Å²) in [4.78, 5) is 24.5. The smallest absolute Gasteiger partial charge is 0.341 e. The van der Waals surface area contributed by atoms with Gasteiger partial charge in [-0.05, 0) is 90.5 Å². The van der Waals surface area contributed by atoms with Crippen molar-refractivity contribution in [3.05, 3.63) is 71.8 Å². The van der Waals surface area contributed by atoms with Gasteiger partial charge in [-0.2, -0.15) is 0 Å². The fraction of sp³-hybridized carbons (Fsp3) is 0.419. The molecule has 1 aliphatic carbocycles. The van der Waals surface area contributed by atoms with Crippen LogP contribution >= 0.6 is 0 Å². The van der Waals surface area contributed by atoms with Gasteiger partial charge in [-0.3, -0.25) is 0 Å². The van der Waals surface area contributed by atoms with Crippen LogP contribution in [0.3, 0.4) is 0 Å². The van der Waals surface area contributed by atoms with Crippen LogP contribution in [-0.2, 0) is 16.0 Å². The van der Waals surface area contributed by atoms with E-state index in [4.69, 9.17) is 14.6 Å². The molecule has 0 aliphatic heterocycles. The van der Waals surface area contributed by atoms with E-state index in [9.17, 15) is 14.7 Å². The molecule has 0 heterocycles. The van der Waals surface area contributed by atoms with Gasteiger partial charge in [0.05, 0.1) is 24.4 Å². The number of hydrogen-bond acceptors (Lipinski definition) is 6. The van der Waals surface area contributed by atoms with Crippen molar-refractivity contribution in [3.8, 4) is 22.6 Å².